The zero-order chi connectivity index (χ0) is 12.6. The third-order valence-electron chi connectivity index (χ3n) is 4.86. The molecule has 0 N–H and O–H groups in total. The topological polar surface area (TPSA) is 0 Å². The van der Waals surface area contributed by atoms with Crippen LogP contribution in [0.2, 0.25) is 0 Å². The lowest BCUT2D eigenvalue weighted by Gasteiger charge is -2.25. The average molecular weight is 300 g/mol. The summed E-state index contributed by atoms with van der Waals surface area (Å²) in [5.74, 6) is 3.06. The number of hydrogen-bond donors (Lipinski definition) is 0. The van der Waals surface area contributed by atoms with E-state index in [4.69, 9.17) is 12.2 Å². The molecule has 4 unspecified atom stereocenters. The summed E-state index contributed by atoms with van der Waals surface area (Å²) in [5.41, 5.74) is 0. The standard InChI is InChI=1S/C16H12S3/c17-16-18-14-6-10-4-12-8-1-2-9(3-8)13(12)5-11(10)7-15(14)19-16/h1-2,4-9,12-13H,3H2. The van der Waals surface area contributed by atoms with Crippen LogP contribution in [-0.2, 0) is 0 Å². The molecule has 0 aliphatic heterocycles. The lowest BCUT2D eigenvalue weighted by molar-refractivity contribution is 0.488. The Morgan fingerprint density at radius 2 is 1.42 bits per heavy atom. The highest BCUT2D eigenvalue weighted by Crippen LogP contribution is 2.49. The van der Waals surface area contributed by atoms with E-state index in [1.165, 1.54) is 26.3 Å². The largest absolute Gasteiger partial charge is 0.144 e. The molecular weight excluding hydrogens is 288 g/mol. The van der Waals surface area contributed by atoms with E-state index in [9.17, 15) is 0 Å². The first-order valence-electron chi connectivity index (χ1n) is 6.74. The Kier molecular flexibility index (Phi) is 2.11. The Hall–Kier alpha value is -0.770. The molecule has 1 aromatic heterocycles. The Balaban J connectivity index is 1.83. The van der Waals surface area contributed by atoms with Gasteiger partial charge in [-0.1, -0.05) is 36.5 Å². The Bertz CT molecular complexity index is 826. The summed E-state index contributed by atoms with van der Waals surface area (Å²) in [6.07, 6.45) is 11.3. The molecule has 1 heterocycles. The molecule has 1 fully saturated rings. The zero-order valence-corrected chi connectivity index (χ0v) is 12.7. The van der Waals surface area contributed by atoms with Gasteiger partial charge in [0.2, 0.25) is 0 Å². The van der Waals surface area contributed by atoms with E-state index in [-0.39, 0.29) is 0 Å². The van der Waals surface area contributed by atoms with Gasteiger partial charge in [-0.15, -0.1) is 22.7 Å². The molecule has 3 aliphatic carbocycles. The predicted octanol–water partition coefficient (Wildman–Crippen LogP) is 3.71. The van der Waals surface area contributed by atoms with Gasteiger partial charge in [0.1, 0.15) is 3.14 Å². The van der Waals surface area contributed by atoms with Gasteiger partial charge < -0.3 is 0 Å². The van der Waals surface area contributed by atoms with Crippen LogP contribution in [0.3, 0.4) is 0 Å². The fourth-order valence-electron chi connectivity index (χ4n) is 4.02. The van der Waals surface area contributed by atoms with Crippen LogP contribution in [0.1, 0.15) is 6.42 Å². The van der Waals surface area contributed by atoms with Gasteiger partial charge in [0.15, 0.2) is 0 Å². The van der Waals surface area contributed by atoms with Gasteiger partial charge in [-0.25, -0.2) is 0 Å². The lowest BCUT2D eigenvalue weighted by Crippen LogP contribution is -2.34. The molecule has 0 amide bonds. The molecule has 4 atom stereocenters. The highest BCUT2D eigenvalue weighted by Gasteiger charge is 2.42. The summed E-state index contributed by atoms with van der Waals surface area (Å²) in [6.45, 7) is 0. The first-order chi connectivity index (χ1) is 9.28. The van der Waals surface area contributed by atoms with Gasteiger partial charge in [0.25, 0.3) is 0 Å². The predicted molar refractivity (Wildman–Crippen MR) is 86.4 cm³/mol. The summed E-state index contributed by atoms with van der Waals surface area (Å²) in [5, 5.41) is 2.86. The summed E-state index contributed by atoms with van der Waals surface area (Å²) in [6, 6.07) is 4.70. The first kappa shape index (κ1) is 11.0. The number of hydrogen-bond acceptors (Lipinski definition) is 3. The molecule has 0 spiro atoms. The third kappa shape index (κ3) is 1.47. The summed E-state index contributed by atoms with van der Waals surface area (Å²) < 4.78 is 3.75. The number of benzene rings is 1. The second-order valence-electron chi connectivity index (χ2n) is 5.82. The monoisotopic (exact) mass is 300 g/mol. The van der Waals surface area contributed by atoms with Crippen molar-refractivity contribution in [2.24, 2.45) is 23.7 Å². The lowest BCUT2D eigenvalue weighted by atomic mass is 9.79. The molecule has 3 heteroatoms. The zero-order valence-electron chi connectivity index (χ0n) is 10.2. The van der Waals surface area contributed by atoms with Crippen molar-refractivity contribution in [1.82, 2.24) is 0 Å². The van der Waals surface area contributed by atoms with Crippen LogP contribution >= 0.6 is 34.9 Å². The second kappa shape index (κ2) is 3.66. The van der Waals surface area contributed by atoms with Crippen LogP contribution in [0.4, 0.5) is 0 Å². The normalized spacial score (nSPS) is 33.9. The minimum Gasteiger partial charge on any atom is -0.113 e. The van der Waals surface area contributed by atoms with Gasteiger partial charge in [-0.3, -0.25) is 0 Å². The van der Waals surface area contributed by atoms with Crippen LogP contribution < -0.4 is 10.4 Å². The number of allylic oxidation sites excluding steroid dienone is 2. The molecule has 1 aromatic carbocycles. The average Bonchev–Trinajstić information content (AvgIpc) is 3.06. The van der Waals surface area contributed by atoms with Gasteiger partial charge in [0.05, 0.1) is 0 Å². The molecule has 19 heavy (non-hydrogen) atoms. The van der Waals surface area contributed by atoms with Crippen LogP contribution in [0.15, 0.2) is 24.3 Å². The molecule has 94 valence electrons. The number of rotatable bonds is 0. The van der Waals surface area contributed by atoms with Crippen LogP contribution in [-0.4, -0.2) is 0 Å². The van der Waals surface area contributed by atoms with Crippen LogP contribution in [0.5, 0.6) is 0 Å². The molecule has 2 bridgehead atoms. The van der Waals surface area contributed by atoms with E-state index in [0.29, 0.717) is 0 Å². The van der Waals surface area contributed by atoms with Crippen molar-refractivity contribution in [3.63, 3.8) is 0 Å². The van der Waals surface area contributed by atoms with Gasteiger partial charge >= 0.3 is 0 Å². The quantitative estimate of drug-likeness (QED) is 0.528. The molecule has 0 saturated heterocycles. The molecule has 1 saturated carbocycles. The van der Waals surface area contributed by atoms with Crippen molar-refractivity contribution < 1.29 is 0 Å². The minimum absolute atomic E-state index is 0.742. The van der Waals surface area contributed by atoms with Gasteiger partial charge in [0, 0.05) is 9.40 Å². The van der Waals surface area contributed by atoms with Gasteiger partial charge in [-0.2, -0.15) is 0 Å². The van der Waals surface area contributed by atoms with E-state index in [1.807, 2.05) is 0 Å². The smallest absolute Gasteiger partial charge is 0.113 e. The van der Waals surface area contributed by atoms with E-state index in [0.717, 1.165) is 26.8 Å². The van der Waals surface area contributed by atoms with Gasteiger partial charge in [-0.05, 0) is 52.7 Å². The maximum atomic E-state index is 5.32. The minimum atomic E-state index is 0.742. The summed E-state index contributed by atoms with van der Waals surface area (Å²) in [7, 11) is 0. The van der Waals surface area contributed by atoms with Crippen molar-refractivity contribution in [3.8, 4) is 0 Å². The highest BCUT2D eigenvalue weighted by atomic mass is 32.2. The third-order valence-corrected chi connectivity index (χ3v) is 7.44. The maximum Gasteiger partial charge on any atom is 0.144 e. The fourth-order valence-corrected chi connectivity index (χ4v) is 6.57. The molecule has 2 aromatic rings. The Labute approximate surface area is 124 Å². The van der Waals surface area contributed by atoms with E-state index in [1.54, 1.807) is 22.7 Å². The van der Waals surface area contributed by atoms with E-state index >= 15 is 0 Å². The Morgan fingerprint density at radius 3 is 1.95 bits per heavy atom. The van der Waals surface area contributed by atoms with Crippen LogP contribution in [0, 0.1) is 26.8 Å². The highest BCUT2D eigenvalue weighted by molar-refractivity contribution is 7.77. The second-order valence-corrected chi connectivity index (χ2v) is 9.11. The Morgan fingerprint density at radius 1 is 0.895 bits per heavy atom. The van der Waals surface area contributed by atoms with E-state index in [2.05, 4.69) is 36.4 Å². The molecule has 0 radical (unpaired) electrons. The number of fused-ring (bicyclic) bond motifs is 7. The van der Waals surface area contributed by atoms with Crippen molar-refractivity contribution >= 4 is 56.4 Å². The summed E-state index contributed by atoms with van der Waals surface area (Å²) >= 11 is 8.82. The molecule has 3 aliphatic rings. The first-order valence-corrected chi connectivity index (χ1v) is 8.78. The fraction of sp³-hybridized carbons (Fsp3) is 0.312. The van der Waals surface area contributed by atoms with Crippen molar-refractivity contribution in [3.05, 3.63) is 37.9 Å². The van der Waals surface area contributed by atoms with Crippen molar-refractivity contribution in [2.45, 2.75) is 6.42 Å². The SMILES string of the molecule is S=c1sc2cc3c(cc2s1)=CC1C2C=CC(C2)C1C=3. The maximum absolute atomic E-state index is 5.32. The van der Waals surface area contributed by atoms with Crippen LogP contribution in [0.25, 0.3) is 21.6 Å². The molecule has 0 nitrogen and oxygen atoms in total. The summed E-state index contributed by atoms with van der Waals surface area (Å²) in [4.78, 5) is 0. The molecular formula is C16H12S3. The molecule has 5 rings (SSSR count). The van der Waals surface area contributed by atoms with Crippen molar-refractivity contribution in [2.75, 3.05) is 0 Å². The van der Waals surface area contributed by atoms with E-state index < -0.39 is 0 Å². The van der Waals surface area contributed by atoms with Crippen molar-refractivity contribution in [1.29, 1.82) is 0 Å².